The molecule has 1 nitrogen and oxygen atoms in total. The minimum atomic E-state index is 0.0124. The van der Waals surface area contributed by atoms with Crippen molar-refractivity contribution in [2.24, 2.45) is 23.7 Å². The van der Waals surface area contributed by atoms with E-state index in [9.17, 15) is 5.11 Å². The molecule has 0 bridgehead atoms. The summed E-state index contributed by atoms with van der Waals surface area (Å²) in [5.74, 6) is 3.59. The van der Waals surface area contributed by atoms with Crippen LogP contribution in [0.2, 0.25) is 0 Å². The van der Waals surface area contributed by atoms with Crippen molar-refractivity contribution in [3.63, 3.8) is 0 Å². The van der Waals surface area contributed by atoms with Crippen molar-refractivity contribution in [3.8, 4) is 0 Å². The Bertz CT molecular complexity index is 202. The predicted octanol–water partition coefficient (Wildman–Crippen LogP) is 3.61. The van der Waals surface area contributed by atoms with Crippen LogP contribution in [0.15, 0.2) is 0 Å². The number of hydrogen-bond acceptors (Lipinski definition) is 1. The second-order valence-electron chi connectivity index (χ2n) is 6.11. The largest absolute Gasteiger partial charge is 0.393 e. The Morgan fingerprint density at radius 1 is 0.800 bits per heavy atom. The van der Waals surface area contributed by atoms with E-state index in [1.54, 1.807) is 0 Å². The highest BCUT2D eigenvalue weighted by Crippen LogP contribution is 2.42. The Morgan fingerprint density at radius 3 is 2.20 bits per heavy atom. The Balaban J connectivity index is 1.87. The van der Waals surface area contributed by atoms with Crippen molar-refractivity contribution < 1.29 is 5.11 Å². The lowest BCUT2D eigenvalue weighted by atomic mass is 9.67. The van der Waals surface area contributed by atoms with Crippen LogP contribution in [0.1, 0.15) is 58.8 Å². The Labute approximate surface area is 94.3 Å². The van der Waals surface area contributed by atoms with Gasteiger partial charge >= 0.3 is 0 Å². The van der Waals surface area contributed by atoms with Gasteiger partial charge in [-0.3, -0.25) is 0 Å². The Hall–Kier alpha value is -0.0400. The van der Waals surface area contributed by atoms with Gasteiger partial charge in [-0.05, 0) is 55.8 Å². The molecule has 0 aromatic heterocycles. The molecule has 0 heterocycles. The molecule has 0 radical (unpaired) electrons. The van der Waals surface area contributed by atoms with Gasteiger partial charge in [0.25, 0.3) is 0 Å². The molecule has 2 aliphatic carbocycles. The molecule has 2 saturated carbocycles. The average molecular weight is 210 g/mol. The molecule has 0 amide bonds. The maximum absolute atomic E-state index is 9.73. The van der Waals surface area contributed by atoms with Crippen LogP contribution in [0.4, 0.5) is 0 Å². The van der Waals surface area contributed by atoms with Crippen LogP contribution >= 0.6 is 0 Å². The third-order valence-corrected chi connectivity index (χ3v) is 4.99. The fourth-order valence-electron chi connectivity index (χ4n) is 3.65. The molecule has 88 valence electrons. The van der Waals surface area contributed by atoms with Crippen LogP contribution in [-0.2, 0) is 0 Å². The molecule has 0 aliphatic heterocycles. The van der Waals surface area contributed by atoms with E-state index in [0.717, 1.165) is 36.5 Å². The Kier molecular flexibility index (Phi) is 3.71. The van der Waals surface area contributed by atoms with Gasteiger partial charge in [-0.15, -0.1) is 0 Å². The number of hydrogen-bond donors (Lipinski definition) is 1. The highest BCUT2D eigenvalue weighted by molar-refractivity contribution is 4.83. The normalized spacial score (nSPS) is 47.8. The van der Waals surface area contributed by atoms with E-state index in [0.29, 0.717) is 0 Å². The van der Waals surface area contributed by atoms with Gasteiger partial charge in [-0.25, -0.2) is 0 Å². The molecule has 2 fully saturated rings. The van der Waals surface area contributed by atoms with Gasteiger partial charge in [-0.2, -0.15) is 0 Å². The van der Waals surface area contributed by atoms with Gasteiger partial charge in [0.2, 0.25) is 0 Å². The molecule has 5 unspecified atom stereocenters. The molecule has 15 heavy (non-hydrogen) atoms. The monoisotopic (exact) mass is 210 g/mol. The molecular formula is C14H26O. The van der Waals surface area contributed by atoms with Crippen LogP contribution in [0.5, 0.6) is 0 Å². The van der Waals surface area contributed by atoms with Crippen LogP contribution in [0.25, 0.3) is 0 Å². The van der Waals surface area contributed by atoms with Gasteiger partial charge in [0.15, 0.2) is 0 Å². The van der Waals surface area contributed by atoms with Gasteiger partial charge < -0.3 is 5.11 Å². The summed E-state index contributed by atoms with van der Waals surface area (Å²) in [6.07, 6.45) is 9.04. The summed E-state index contributed by atoms with van der Waals surface area (Å²) in [6.45, 7) is 4.81. The lowest BCUT2D eigenvalue weighted by Crippen LogP contribution is -2.30. The summed E-state index contributed by atoms with van der Waals surface area (Å²) < 4.78 is 0. The average Bonchev–Trinajstić information content (AvgIpc) is 2.22. The fourth-order valence-corrected chi connectivity index (χ4v) is 3.65. The summed E-state index contributed by atoms with van der Waals surface area (Å²) in [7, 11) is 0. The van der Waals surface area contributed by atoms with E-state index < -0.39 is 0 Å². The molecule has 0 aromatic rings. The number of aliphatic hydroxyl groups is 1. The summed E-state index contributed by atoms with van der Waals surface area (Å²) in [4.78, 5) is 0. The van der Waals surface area contributed by atoms with E-state index in [2.05, 4.69) is 13.8 Å². The lowest BCUT2D eigenvalue weighted by Gasteiger charge is -2.39. The molecular weight excluding hydrogens is 184 g/mol. The first-order chi connectivity index (χ1) is 7.16. The van der Waals surface area contributed by atoms with E-state index in [-0.39, 0.29) is 6.10 Å². The van der Waals surface area contributed by atoms with E-state index in [1.807, 2.05) is 0 Å². The second kappa shape index (κ2) is 4.86. The molecule has 1 N–H and O–H groups in total. The molecule has 0 spiro atoms. The van der Waals surface area contributed by atoms with E-state index in [4.69, 9.17) is 0 Å². The first-order valence-corrected chi connectivity index (χ1v) is 6.85. The summed E-state index contributed by atoms with van der Waals surface area (Å²) >= 11 is 0. The van der Waals surface area contributed by atoms with Crippen molar-refractivity contribution >= 4 is 0 Å². The highest BCUT2D eigenvalue weighted by Gasteiger charge is 2.32. The molecule has 2 rings (SSSR count). The molecule has 1 heteroatoms. The smallest absolute Gasteiger partial charge is 0.0543 e. The second-order valence-corrected chi connectivity index (χ2v) is 6.11. The maximum atomic E-state index is 9.73. The molecule has 0 saturated heterocycles. The zero-order chi connectivity index (χ0) is 10.8. The van der Waals surface area contributed by atoms with Gasteiger partial charge in [0.05, 0.1) is 6.10 Å². The van der Waals surface area contributed by atoms with Gasteiger partial charge in [0.1, 0.15) is 0 Å². The zero-order valence-electron chi connectivity index (χ0n) is 10.3. The van der Waals surface area contributed by atoms with Crippen LogP contribution in [-0.4, -0.2) is 11.2 Å². The predicted molar refractivity (Wildman–Crippen MR) is 63.6 cm³/mol. The van der Waals surface area contributed by atoms with Gasteiger partial charge in [-0.1, -0.05) is 26.7 Å². The molecule has 0 aromatic carbocycles. The lowest BCUT2D eigenvalue weighted by molar-refractivity contribution is 0.0552. The summed E-state index contributed by atoms with van der Waals surface area (Å²) in [5, 5.41) is 9.73. The third kappa shape index (κ3) is 2.75. The standard InChI is InChI=1S/C14H26O/c1-10-6-7-13(8-11(10)2)12-4-3-5-14(15)9-12/h10-15H,3-9H2,1-2H3. The highest BCUT2D eigenvalue weighted by atomic mass is 16.3. The van der Waals surface area contributed by atoms with Crippen molar-refractivity contribution in [2.75, 3.05) is 0 Å². The molecule has 2 aliphatic rings. The SMILES string of the molecule is CC1CCC(C2CCCC(O)C2)CC1C. The summed E-state index contributed by atoms with van der Waals surface area (Å²) in [6, 6.07) is 0. The van der Waals surface area contributed by atoms with Crippen molar-refractivity contribution in [3.05, 3.63) is 0 Å². The summed E-state index contributed by atoms with van der Waals surface area (Å²) in [5.41, 5.74) is 0. The minimum absolute atomic E-state index is 0.0124. The third-order valence-electron chi connectivity index (χ3n) is 4.99. The van der Waals surface area contributed by atoms with Crippen LogP contribution in [0, 0.1) is 23.7 Å². The Morgan fingerprint density at radius 2 is 1.53 bits per heavy atom. The minimum Gasteiger partial charge on any atom is -0.393 e. The maximum Gasteiger partial charge on any atom is 0.0543 e. The van der Waals surface area contributed by atoms with Gasteiger partial charge in [0, 0.05) is 0 Å². The zero-order valence-corrected chi connectivity index (χ0v) is 10.3. The first-order valence-electron chi connectivity index (χ1n) is 6.85. The topological polar surface area (TPSA) is 20.2 Å². The number of aliphatic hydroxyl groups excluding tert-OH is 1. The van der Waals surface area contributed by atoms with Crippen molar-refractivity contribution in [1.82, 2.24) is 0 Å². The van der Waals surface area contributed by atoms with Crippen molar-refractivity contribution in [2.45, 2.75) is 64.9 Å². The van der Waals surface area contributed by atoms with Crippen LogP contribution in [0.3, 0.4) is 0 Å². The fraction of sp³-hybridized carbons (Fsp3) is 1.00. The first kappa shape index (κ1) is 11.4. The van der Waals surface area contributed by atoms with E-state index in [1.165, 1.54) is 32.1 Å². The van der Waals surface area contributed by atoms with Crippen LogP contribution < -0.4 is 0 Å². The van der Waals surface area contributed by atoms with E-state index >= 15 is 0 Å². The van der Waals surface area contributed by atoms with Crippen molar-refractivity contribution in [1.29, 1.82) is 0 Å². The number of rotatable bonds is 1. The quantitative estimate of drug-likeness (QED) is 0.701. The molecule has 5 atom stereocenters.